The average Bonchev–Trinajstić information content (AvgIpc) is 2.76. The fourth-order valence-corrected chi connectivity index (χ4v) is 2.18. The lowest BCUT2D eigenvalue weighted by Gasteiger charge is -2.01. The van der Waals surface area contributed by atoms with Gasteiger partial charge in [0.2, 0.25) is 0 Å². The van der Waals surface area contributed by atoms with Gasteiger partial charge in [-0.25, -0.2) is 14.8 Å². The van der Waals surface area contributed by atoms with E-state index >= 15 is 0 Å². The van der Waals surface area contributed by atoms with Crippen molar-refractivity contribution < 1.29 is 9.90 Å². The Kier molecular flexibility index (Phi) is 2.95. The molecule has 20 heavy (non-hydrogen) atoms. The number of carbonyl (C=O) groups is 1. The van der Waals surface area contributed by atoms with Crippen molar-refractivity contribution in [3.63, 3.8) is 0 Å². The summed E-state index contributed by atoms with van der Waals surface area (Å²) in [6.45, 7) is 0. The molecule has 0 fully saturated rings. The van der Waals surface area contributed by atoms with Crippen LogP contribution in [0, 0.1) is 0 Å². The van der Waals surface area contributed by atoms with Crippen molar-refractivity contribution in [2.45, 2.75) is 6.42 Å². The molecule has 0 spiro atoms. The fourth-order valence-electron chi connectivity index (χ4n) is 2.18. The van der Waals surface area contributed by atoms with Gasteiger partial charge < -0.3 is 9.67 Å². The Morgan fingerprint density at radius 2 is 2.05 bits per heavy atom. The van der Waals surface area contributed by atoms with Crippen molar-refractivity contribution in [2.75, 3.05) is 0 Å². The topological polar surface area (TPSA) is 68.0 Å². The van der Waals surface area contributed by atoms with Crippen LogP contribution in [-0.2, 0) is 13.5 Å². The minimum atomic E-state index is -0.991. The number of hydrogen-bond donors (Lipinski definition) is 1. The van der Waals surface area contributed by atoms with Gasteiger partial charge in [-0.3, -0.25) is 0 Å². The maximum atomic E-state index is 11.0. The SMILES string of the molecule is Cn1c(Cc2ccccc2)nc2cc(C(=O)O)cnc21. The third-order valence-electron chi connectivity index (χ3n) is 3.25. The van der Waals surface area contributed by atoms with Crippen molar-refractivity contribution in [1.82, 2.24) is 14.5 Å². The number of rotatable bonds is 3. The van der Waals surface area contributed by atoms with E-state index in [1.54, 1.807) is 6.07 Å². The second-order valence-electron chi connectivity index (χ2n) is 4.62. The van der Waals surface area contributed by atoms with E-state index < -0.39 is 5.97 Å². The summed E-state index contributed by atoms with van der Waals surface area (Å²) >= 11 is 0. The lowest BCUT2D eigenvalue weighted by Crippen LogP contribution is -2.00. The highest BCUT2D eigenvalue weighted by molar-refractivity contribution is 5.90. The van der Waals surface area contributed by atoms with E-state index in [0.29, 0.717) is 17.6 Å². The van der Waals surface area contributed by atoms with Gasteiger partial charge in [0.15, 0.2) is 5.65 Å². The van der Waals surface area contributed by atoms with Gasteiger partial charge in [0.25, 0.3) is 0 Å². The molecule has 100 valence electrons. The van der Waals surface area contributed by atoms with Crippen molar-refractivity contribution in [3.05, 3.63) is 59.5 Å². The molecular weight excluding hydrogens is 254 g/mol. The van der Waals surface area contributed by atoms with Gasteiger partial charge in [-0.05, 0) is 11.6 Å². The summed E-state index contributed by atoms with van der Waals surface area (Å²) in [7, 11) is 1.89. The first-order valence-electron chi connectivity index (χ1n) is 6.23. The first-order chi connectivity index (χ1) is 9.65. The number of aryl methyl sites for hydroxylation is 1. The highest BCUT2D eigenvalue weighted by Crippen LogP contribution is 2.16. The van der Waals surface area contributed by atoms with E-state index in [4.69, 9.17) is 5.11 Å². The van der Waals surface area contributed by atoms with Gasteiger partial charge in [-0.1, -0.05) is 30.3 Å². The van der Waals surface area contributed by atoms with Crippen LogP contribution in [0.25, 0.3) is 11.2 Å². The van der Waals surface area contributed by atoms with Gasteiger partial charge in [-0.2, -0.15) is 0 Å². The first-order valence-corrected chi connectivity index (χ1v) is 6.23. The molecule has 0 saturated heterocycles. The van der Waals surface area contributed by atoms with Gasteiger partial charge in [-0.15, -0.1) is 0 Å². The summed E-state index contributed by atoms with van der Waals surface area (Å²) in [5.41, 5.74) is 2.62. The van der Waals surface area contributed by atoms with Gasteiger partial charge >= 0.3 is 5.97 Å². The van der Waals surface area contributed by atoms with E-state index in [0.717, 1.165) is 11.4 Å². The number of fused-ring (bicyclic) bond motifs is 1. The largest absolute Gasteiger partial charge is 0.478 e. The molecule has 0 amide bonds. The highest BCUT2D eigenvalue weighted by atomic mass is 16.4. The third kappa shape index (κ3) is 2.14. The summed E-state index contributed by atoms with van der Waals surface area (Å²) in [5, 5.41) is 8.98. The molecule has 0 aliphatic heterocycles. The molecule has 0 aliphatic carbocycles. The number of aromatic nitrogens is 3. The molecule has 0 aliphatic rings. The average molecular weight is 267 g/mol. The number of benzene rings is 1. The number of hydrogen-bond acceptors (Lipinski definition) is 3. The number of carboxylic acid groups (broad SMARTS) is 1. The zero-order valence-corrected chi connectivity index (χ0v) is 10.9. The van der Waals surface area contributed by atoms with E-state index in [-0.39, 0.29) is 5.56 Å². The quantitative estimate of drug-likeness (QED) is 0.790. The Bertz CT molecular complexity index is 778. The molecule has 0 radical (unpaired) electrons. The van der Waals surface area contributed by atoms with Crippen molar-refractivity contribution >= 4 is 17.1 Å². The molecule has 1 N–H and O–H groups in total. The smallest absolute Gasteiger partial charge is 0.337 e. The minimum absolute atomic E-state index is 0.155. The molecule has 5 heteroatoms. The lowest BCUT2D eigenvalue weighted by molar-refractivity contribution is 0.0696. The Hall–Kier alpha value is -2.69. The molecule has 2 aromatic heterocycles. The third-order valence-corrected chi connectivity index (χ3v) is 3.25. The highest BCUT2D eigenvalue weighted by Gasteiger charge is 2.12. The molecule has 3 rings (SSSR count). The van der Waals surface area contributed by atoms with E-state index in [1.807, 2.05) is 41.9 Å². The summed E-state index contributed by atoms with van der Waals surface area (Å²) in [6, 6.07) is 11.6. The molecule has 0 atom stereocenters. The predicted molar refractivity (Wildman–Crippen MR) is 74.7 cm³/mol. The van der Waals surface area contributed by atoms with Gasteiger partial charge in [0, 0.05) is 19.7 Å². The Balaban J connectivity index is 2.04. The number of carboxylic acids is 1. The minimum Gasteiger partial charge on any atom is -0.478 e. The number of imidazole rings is 1. The predicted octanol–water partition coefficient (Wildman–Crippen LogP) is 2.26. The standard InChI is InChI=1S/C15H13N3O2/c1-18-13(7-10-5-3-2-4-6-10)17-12-8-11(15(19)20)9-16-14(12)18/h2-6,8-9H,7H2,1H3,(H,19,20). The monoisotopic (exact) mass is 267 g/mol. The molecule has 5 nitrogen and oxygen atoms in total. The first kappa shape index (κ1) is 12.3. The van der Waals surface area contributed by atoms with Gasteiger partial charge in [0.05, 0.1) is 5.56 Å². The summed E-state index contributed by atoms with van der Waals surface area (Å²) < 4.78 is 1.90. The summed E-state index contributed by atoms with van der Waals surface area (Å²) in [6.07, 6.45) is 2.05. The zero-order valence-electron chi connectivity index (χ0n) is 10.9. The van der Waals surface area contributed by atoms with Crippen LogP contribution in [0.5, 0.6) is 0 Å². The Morgan fingerprint density at radius 1 is 1.30 bits per heavy atom. The molecule has 0 unspecified atom stereocenters. The number of nitrogens with zero attached hydrogens (tertiary/aromatic N) is 3. The van der Waals surface area contributed by atoms with Crippen LogP contribution in [0.4, 0.5) is 0 Å². The van der Waals surface area contributed by atoms with Crippen LogP contribution in [-0.4, -0.2) is 25.6 Å². The molecular formula is C15H13N3O2. The maximum Gasteiger partial charge on any atom is 0.337 e. The van der Waals surface area contributed by atoms with Crippen LogP contribution < -0.4 is 0 Å². The number of pyridine rings is 1. The Morgan fingerprint density at radius 3 is 2.75 bits per heavy atom. The Labute approximate surface area is 115 Å². The van der Waals surface area contributed by atoms with Crippen LogP contribution in [0.3, 0.4) is 0 Å². The van der Waals surface area contributed by atoms with Crippen molar-refractivity contribution in [2.24, 2.45) is 7.05 Å². The normalized spacial score (nSPS) is 10.8. The zero-order chi connectivity index (χ0) is 14.1. The van der Waals surface area contributed by atoms with Crippen LogP contribution in [0.1, 0.15) is 21.7 Å². The van der Waals surface area contributed by atoms with E-state index in [1.165, 1.54) is 6.20 Å². The number of aromatic carboxylic acids is 1. The lowest BCUT2D eigenvalue weighted by atomic mass is 10.1. The van der Waals surface area contributed by atoms with Crippen molar-refractivity contribution in [1.29, 1.82) is 0 Å². The molecule has 1 aromatic carbocycles. The fraction of sp³-hybridized carbons (Fsp3) is 0.133. The molecule has 0 bridgehead atoms. The van der Waals surface area contributed by atoms with Gasteiger partial charge in [0.1, 0.15) is 11.3 Å². The summed E-state index contributed by atoms with van der Waals surface area (Å²) in [5.74, 6) is -0.129. The second kappa shape index (κ2) is 4.77. The van der Waals surface area contributed by atoms with E-state index in [9.17, 15) is 4.79 Å². The van der Waals surface area contributed by atoms with Crippen LogP contribution >= 0.6 is 0 Å². The summed E-state index contributed by atoms with van der Waals surface area (Å²) in [4.78, 5) is 19.6. The molecule has 0 saturated carbocycles. The van der Waals surface area contributed by atoms with Crippen LogP contribution in [0.15, 0.2) is 42.6 Å². The maximum absolute atomic E-state index is 11.0. The van der Waals surface area contributed by atoms with Crippen molar-refractivity contribution in [3.8, 4) is 0 Å². The van der Waals surface area contributed by atoms with Crippen LogP contribution in [0.2, 0.25) is 0 Å². The molecule has 3 aromatic rings. The molecule has 2 heterocycles. The van der Waals surface area contributed by atoms with E-state index in [2.05, 4.69) is 9.97 Å². The second-order valence-corrected chi connectivity index (χ2v) is 4.62.